The summed E-state index contributed by atoms with van der Waals surface area (Å²) in [4.78, 5) is 21.1. The molecule has 0 atom stereocenters. The molecule has 0 saturated carbocycles. The van der Waals surface area contributed by atoms with Crippen molar-refractivity contribution >= 4 is 34.8 Å². The number of rotatable bonds is 4. The first kappa shape index (κ1) is 18.1. The number of pyridine rings is 1. The van der Waals surface area contributed by atoms with E-state index in [1.165, 1.54) is 14.2 Å². The normalized spacial score (nSPS) is 13.2. The first-order valence-corrected chi connectivity index (χ1v) is 8.66. The van der Waals surface area contributed by atoms with E-state index in [1.54, 1.807) is 23.2 Å². The van der Waals surface area contributed by atoms with E-state index >= 15 is 0 Å². The number of ether oxygens (including phenoxy) is 2. The van der Waals surface area contributed by atoms with Gasteiger partial charge in [-0.05, 0) is 25.1 Å². The molecule has 0 bridgehead atoms. The molecule has 0 spiro atoms. The maximum atomic E-state index is 12.9. The number of carbonyl (C=O) groups excluding carboxylic acids is 1. The molecule has 1 aromatic heterocycles. The summed E-state index contributed by atoms with van der Waals surface area (Å²) < 4.78 is 10.5. The molecule has 138 valence electrons. The third-order valence-corrected chi connectivity index (χ3v) is 4.59. The van der Waals surface area contributed by atoms with Crippen LogP contribution in [0.25, 0.3) is 0 Å². The second kappa shape index (κ2) is 7.70. The van der Waals surface area contributed by atoms with Crippen molar-refractivity contribution in [1.82, 2.24) is 4.98 Å². The summed E-state index contributed by atoms with van der Waals surface area (Å²) in [5.74, 6) is 1.75. The van der Waals surface area contributed by atoms with Gasteiger partial charge in [0.05, 0.1) is 30.6 Å². The lowest BCUT2D eigenvalue weighted by atomic mass is 10.2. The van der Waals surface area contributed by atoms with Crippen LogP contribution in [0.2, 0.25) is 5.02 Å². The Morgan fingerprint density at radius 2 is 2.04 bits per heavy atom. The third kappa shape index (κ3) is 3.35. The zero-order valence-corrected chi connectivity index (χ0v) is 15.7. The largest absolute Gasteiger partial charge is 0.495 e. The van der Waals surface area contributed by atoms with Gasteiger partial charge in [0, 0.05) is 31.9 Å². The second-order valence-electron chi connectivity index (χ2n) is 5.69. The van der Waals surface area contributed by atoms with Crippen LogP contribution in [0.15, 0.2) is 30.5 Å². The van der Waals surface area contributed by atoms with Gasteiger partial charge < -0.3 is 19.7 Å². The molecule has 0 saturated heterocycles. The van der Waals surface area contributed by atoms with Crippen molar-refractivity contribution in [2.45, 2.75) is 6.92 Å². The van der Waals surface area contributed by atoms with Gasteiger partial charge in [-0.1, -0.05) is 11.6 Å². The standard InChI is InChI=1S/C18H21ClN4O3/c1-4-22-8-9-23(14-6-5-7-20-17(14)22)18(24)21-13-10-12(19)15(25-2)11-16(13)26-3/h5-7,10-11H,4,8-9H2,1-3H3,(H,21,24). The number of carbonyl (C=O) groups is 1. The summed E-state index contributed by atoms with van der Waals surface area (Å²) in [6.07, 6.45) is 1.73. The zero-order valence-electron chi connectivity index (χ0n) is 15.0. The molecule has 1 N–H and O–H groups in total. The average Bonchev–Trinajstić information content (AvgIpc) is 2.67. The maximum absolute atomic E-state index is 12.9. The van der Waals surface area contributed by atoms with Gasteiger partial charge in [-0.25, -0.2) is 9.78 Å². The molecular weight excluding hydrogens is 356 g/mol. The lowest BCUT2D eigenvalue weighted by Crippen LogP contribution is -2.46. The number of benzene rings is 1. The number of nitrogens with zero attached hydrogens (tertiary/aromatic N) is 3. The molecule has 2 aromatic rings. The van der Waals surface area contributed by atoms with Crippen molar-refractivity contribution < 1.29 is 14.3 Å². The smallest absolute Gasteiger partial charge is 0.326 e. The Bertz CT molecular complexity index is 815. The minimum absolute atomic E-state index is 0.269. The van der Waals surface area contributed by atoms with Crippen LogP contribution in [0.5, 0.6) is 11.5 Å². The van der Waals surface area contributed by atoms with E-state index in [4.69, 9.17) is 21.1 Å². The Balaban J connectivity index is 1.88. The monoisotopic (exact) mass is 376 g/mol. The van der Waals surface area contributed by atoms with Crippen LogP contribution in [-0.2, 0) is 0 Å². The van der Waals surface area contributed by atoms with E-state index in [0.29, 0.717) is 35.3 Å². The summed E-state index contributed by atoms with van der Waals surface area (Å²) in [6, 6.07) is 6.70. The van der Waals surface area contributed by atoms with Gasteiger partial charge in [-0.2, -0.15) is 0 Å². The second-order valence-corrected chi connectivity index (χ2v) is 6.10. The molecule has 2 amide bonds. The first-order chi connectivity index (χ1) is 12.6. The number of nitrogens with one attached hydrogen (secondary N) is 1. The molecule has 0 unspecified atom stereocenters. The van der Waals surface area contributed by atoms with Gasteiger partial charge in [-0.15, -0.1) is 0 Å². The predicted octanol–water partition coefficient (Wildman–Crippen LogP) is 3.63. The van der Waals surface area contributed by atoms with Gasteiger partial charge in [0.1, 0.15) is 11.5 Å². The van der Waals surface area contributed by atoms with Gasteiger partial charge in [0.15, 0.2) is 5.82 Å². The number of urea groups is 1. The van der Waals surface area contributed by atoms with Crippen LogP contribution in [0.4, 0.5) is 22.0 Å². The van der Waals surface area contributed by atoms with E-state index in [-0.39, 0.29) is 6.03 Å². The molecule has 2 heterocycles. The average molecular weight is 377 g/mol. The van der Waals surface area contributed by atoms with Crippen molar-refractivity contribution in [1.29, 1.82) is 0 Å². The van der Waals surface area contributed by atoms with Gasteiger partial charge in [-0.3, -0.25) is 4.90 Å². The predicted molar refractivity (Wildman–Crippen MR) is 103 cm³/mol. The highest BCUT2D eigenvalue weighted by molar-refractivity contribution is 6.32. The van der Waals surface area contributed by atoms with E-state index < -0.39 is 0 Å². The number of hydrogen-bond donors (Lipinski definition) is 1. The van der Waals surface area contributed by atoms with E-state index in [1.807, 2.05) is 12.1 Å². The molecule has 0 radical (unpaired) electrons. The molecule has 0 aliphatic carbocycles. The molecule has 26 heavy (non-hydrogen) atoms. The molecule has 1 aromatic carbocycles. The Morgan fingerprint density at radius 1 is 1.27 bits per heavy atom. The number of hydrogen-bond acceptors (Lipinski definition) is 5. The van der Waals surface area contributed by atoms with Crippen molar-refractivity contribution in [2.24, 2.45) is 0 Å². The van der Waals surface area contributed by atoms with Crippen LogP contribution >= 0.6 is 11.6 Å². The Morgan fingerprint density at radius 3 is 2.73 bits per heavy atom. The molecular formula is C18H21ClN4O3. The summed E-state index contributed by atoms with van der Waals surface area (Å²) in [5.41, 5.74) is 1.25. The molecule has 3 rings (SSSR count). The van der Waals surface area contributed by atoms with Crippen LogP contribution in [0, 0.1) is 0 Å². The van der Waals surface area contributed by atoms with E-state index in [2.05, 4.69) is 22.1 Å². The Kier molecular flexibility index (Phi) is 5.37. The quantitative estimate of drug-likeness (QED) is 0.882. The number of fused-ring (bicyclic) bond motifs is 1. The zero-order chi connectivity index (χ0) is 18.7. The summed E-state index contributed by atoms with van der Waals surface area (Å²) >= 11 is 6.18. The van der Waals surface area contributed by atoms with Gasteiger partial charge >= 0.3 is 6.03 Å². The van der Waals surface area contributed by atoms with Gasteiger partial charge in [0.25, 0.3) is 0 Å². The van der Waals surface area contributed by atoms with Crippen molar-refractivity contribution in [3.8, 4) is 11.5 Å². The van der Waals surface area contributed by atoms with Crippen LogP contribution in [0.1, 0.15) is 6.92 Å². The van der Waals surface area contributed by atoms with Crippen LogP contribution < -0.4 is 24.6 Å². The first-order valence-electron chi connectivity index (χ1n) is 8.29. The number of methoxy groups -OCH3 is 2. The summed E-state index contributed by atoms with van der Waals surface area (Å²) in [7, 11) is 3.05. The number of likely N-dealkylation sites (N-methyl/N-ethyl adjacent to an activating group) is 1. The summed E-state index contributed by atoms with van der Waals surface area (Å²) in [5, 5.41) is 3.26. The fourth-order valence-electron chi connectivity index (χ4n) is 2.95. The highest BCUT2D eigenvalue weighted by Gasteiger charge is 2.27. The molecule has 1 aliphatic heterocycles. The van der Waals surface area contributed by atoms with Crippen LogP contribution in [-0.4, -0.2) is 44.9 Å². The highest BCUT2D eigenvalue weighted by Crippen LogP contribution is 2.37. The van der Waals surface area contributed by atoms with Crippen molar-refractivity contribution in [3.05, 3.63) is 35.5 Å². The molecule has 7 nitrogen and oxygen atoms in total. The minimum atomic E-state index is -0.269. The lowest BCUT2D eigenvalue weighted by Gasteiger charge is -2.36. The SMILES string of the molecule is CCN1CCN(C(=O)Nc2cc(Cl)c(OC)cc2OC)c2cccnc21. The minimum Gasteiger partial charge on any atom is -0.495 e. The van der Waals surface area contributed by atoms with Crippen LogP contribution in [0.3, 0.4) is 0 Å². The lowest BCUT2D eigenvalue weighted by molar-refractivity contribution is 0.256. The molecule has 1 aliphatic rings. The molecule has 8 heteroatoms. The third-order valence-electron chi connectivity index (χ3n) is 4.29. The van der Waals surface area contributed by atoms with E-state index in [9.17, 15) is 4.79 Å². The number of aromatic nitrogens is 1. The van der Waals surface area contributed by atoms with E-state index in [0.717, 1.165) is 18.1 Å². The van der Waals surface area contributed by atoms with Crippen molar-refractivity contribution in [3.63, 3.8) is 0 Å². The molecule has 0 fully saturated rings. The number of amides is 2. The van der Waals surface area contributed by atoms with Gasteiger partial charge in [0.2, 0.25) is 0 Å². The summed E-state index contributed by atoms with van der Waals surface area (Å²) in [6.45, 7) is 4.18. The number of halogens is 1. The number of anilines is 3. The fourth-order valence-corrected chi connectivity index (χ4v) is 3.19. The van der Waals surface area contributed by atoms with Crippen molar-refractivity contribution in [2.75, 3.05) is 49.0 Å². The Labute approximate surface area is 157 Å². The maximum Gasteiger partial charge on any atom is 0.326 e. The Hall–Kier alpha value is -2.67. The topological polar surface area (TPSA) is 66.9 Å². The fraction of sp³-hybridized carbons (Fsp3) is 0.333. The highest BCUT2D eigenvalue weighted by atomic mass is 35.5.